The summed E-state index contributed by atoms with van der Waals surface area (Å²) < 4.78 is 28.9. The number of nitrogens with one attached hydrogen (secondary N) is 1. The molecule has 1 aliphatic heterocycles. The lowest BCUT2D eigenvalue weighted by molar-refractivity contribution is 0.101. The van der Waals surface area contributed by atoms with Crippen molar-refractivity contribution in [1.29, 1.82) is 0 Å². The van der Waals surface area contributed by atoms with Gasteiger partial charge >= 0.3 is 0 Å². The van der Waals surface area contributed by atoms with Gasteiger partial charge in [0.25, 0.3) is 5.91 Å². The predicted molar refractivity (Wildman–Crippen MR) is 107 cm³/mol. The van der Waals surface area contributed by atoms with Crippen LogP contribution in [0.3, 0.4) is 0 Å². The normalized spacial score (nSPS) is 18.4. The van der Waals surface area contributed by atoms with Crippen molar-refractivity contribution < 1.29 is 13.2 Å². The molecule has 1 aromatic carbocycles. The number of benzene rings is 1. The molecule has 8 heteroatoms. The highest BCUT2D eigenvalue weighted by molar-refractivity contribution is 7.89. The molecule has 1 N–H and O–H groups in total. The fraction of sp³-hybridized carbons (Fsp3) is 0.421. The Hall–Kier alpha value is -1.83. The number of nitrogens with zero attached hydrogens (tertiary/aromatic N) is 2. The predicted octanol–water partition coefficient (Wildman–Crippen LogP) is 3.66. The highest BCUT2D eigenvalue weighted by atomic mass is 35.5. The van der Waals surface area contributed by atoms with Crippen LogP contribution in [0.5, 0.6) is 0 Å². The van der Waals surface area contributed by atoms with Gasteiger partial charge in [0.1, 0.15) is 10.6 Å². The van der Waals surface area contributed by atoms with E-state index in [1.165, 1.54) is 21.1 Å². The van der Waals surface area contributed by atoms with Gasteiger partial charge in [0.15, 0.2) is 0 Å². The van der Waals surface area contributed by atoms with Crippen LogP contribution < -0.4 is 5.32 Å². The minimum absolute atomic E-state index is 0.145. The first-order chi connectivity index (χ1) is 12.7. The molecule has 3 rings (SSSR count). The smallest absolute Gasteiger partial charge is 0.272 e. The number of sulfonamides is 1. The third-order valence-electron chi connectivity index (χ3n) is 4.90. The van der Waals surface area contributed by atoms with E-state index in [0.29, 0.717) is 29.7 Å². The first-order valence-electron chi connectivity index (χ1n) is 8.92. The zero-order valence-electron chi connectivity index (χ0n) is 15.7. The van der Waals surface area contributed by atoms with E-state index in [1.54, 1.807) is 19.2 Å². The summed E-state index contributed by atoms with van der Waals surface area (Å²) in [6.07, 6.45) is 3.38. The van der Waals surface area contributed by atoms with E-state index in [2.05, 4.69) is 12.2 Å². The molecule has 0 spiro atoms. The first-order valence-corrected chi connectivity index (χ1v) is 10.7. The second-order valence-corrected chi connectivity index (χ2v) is 9.55. The van der Waals surface area contributed by atoms with Crippen LogP contribution in [-0.4, -0.2) is 36.3 Å². The number of aryl methyl sites for hydroxylation is 2. The molecule has 6 nitrogen and oxygen atoms in total. The Balaban J connectivity index is 1.83. The standard InChI is InChI=1S/C19H24ClN3O3S/c1-13-5-4-8-23(11-13)27(25,26)16-10-18(22(3)12-16)19(24)21-15-7-6-14(2)17(20)9-15/h6-7,9-10,12-13H,4-5,8,11H2,1-3H3,(H,21,24)/t13-/m0/s1. The molecule has 1 fully saturated rings. The molecule has 2 aromatic rings. The van der Waals surface area contributed by atoms with Gasteiger partial charge in [-0.15, -0.1) is 0 Å². The molecule has 1 atom stereocenters. The molecule has 2 heterocycles. The van der Waals surface area contributed by atoms with E-state index in [0.717, 1.165) is 18.4 Å². The molecule has 0 bridgehead atoms. The Morgan fingerprint density at radius 2 is 2.04 bits per heavy atom. The van der Waals surface area contributed by atoms with Crippen LogP contribution in [0, 0.1) is 12.8 Å². The molecule has 27 heavy (non-hydrogen) atoms. The quantitative estimate of drug-likeness (QED) is 0.837. The van der Waals surface area contributed by atoms with Crippen LogP contribution in [-0.2, 0) is 17.1 Å². The summed E-state index contributed by atoms with van der Waals surface area (Å²) in [6.45, 7) is 4.97. The largest absolute Gasteiger partial charge is 0.345 e. The summed E-state index contributed by atoms with van der Waals surface area (Å²) in [4.78, 5) is 12.8. The Kier molecular flexibility index (Phi) is 5.65. The molecular weight excluding hydrogens is 386 g/mol. The van der Waals surface area contributed by atoms with Gasteiger partial charge in [-0.1, -0.05) is 24.6 Å². The van der Waals surface area contributed by atoms with E-state index in [4.69, 9.17) is 11.6 Å². The summed E-state index contributed by atoms with van der Waals surface area (Å²) in [5, 5.41) is 3.32. The zero-order chi connectivity index (χ0) is 19.8. The van der Waals surface area contributed by atoms with Crippen LogP contribution in [0.2, 0.25) is 5.02 Å². The highest BCUT2D eigenvalue weighted by Gasteiger charge is 2.30. The summed E-state index contributed by atoms with van der Waals surface area (Å²) in [5.74, 6) is -0.0443. The Bertz CT molecular complexity index is 969. The van der Waals surface area contributed by atoms with Gasteiger partial charge in [0.05, 0.1) is 0 Å². The number of piperidine rings is 1. The van der Waals surface area contributed by atoms with E-state index in [1.807, 2.05) is 13.0 Å². The molecule has 1 aliphatic rings. The zero-order valence-corrected chi connectivity index (χ0v) is 17.3. The van der Waals surface area contributed by atoms with E-state index in [9.17, 15) is 13.2 Å². The van der Waals surface area contributed by atoms with Crippen LogP contribution >= 0.6 is 11.6 Å². The lowest BCUT2D eigenvalue weighted by Gasteiger charge is -2.29. The molecule has 1 aromatic heterocycles. The second kappa shape index (κ2) is 7.66. The number of hydrogen-bond acceptors (Lipinski definition) is 3. The lowest BCUT2D eigenvalue weighted by atomic mass is 10.0. The Morgan fingerprint density at radius 3 is 2.70 bits per heavy atom. The summed E-state index contributed by atoms with van der Waals surface area (Å²) >= 11 is 6.09. The molecule has 146 valence electrons. The fourth-order valence-corrected chi connectivity index (χ4v) is 5.13. The molecular formula is C19H24ClN3O3S. The van der Waals surface area contributed by atoms with Crippen molar-refractivity contribution in [2.45, 2.75) is 31.6 Å². The molecule has 0 radical (unpaired) electrons. The number of amides is 1. The third kappa shape index (κ3) is 4.20. The highest BCUT2D eigenvalue weighted by Crippen LogP contribution is 2.25. The molecule has 0 unspecified atom stereocenters. The van der Waals surface area contributed by atoms with Crippen molar-refractivity contribution in [2.75, 3.05) is 18.4 Å². The van der Waals surface area contributed by atoms with Gasteiger partial charge in [-0.25, -0.2) is 8.42 Å². The Labute approximate surface area is 165 Å². The minimum Gasteiger partial charge on any atom is -0.345 e. The third-order valence-corrected chi connectivity index (χ3v) is 7.14. The number of anilines is 1. The van der Waals surface area contributed by atoms with Crippen molar-refractivity contribution in [3.05, 3.63) is 46.7 Å². The maximum Gasteiger partial charge on any atom is 0.272 e. The van der Waals surface area contributed by atoms with Gasteiger partial charge < -0.3 is 9.88 Å². The summed E-state index contributed by atoms with van der Waals surface area (Å²) in [7, 11) is -1.94. The van der Waals surface area contributed by atoms with E-state index in [-0.39, 0.29) is 16.5 Å². The second-order valence-electron chi connectivity index (χ2n) is 7.20. The number of hydrogen-bond donors (Lipinski definition) is 1. The number of halogens is 1. The van der Waals surface area contributed by atoms with Gasteiger partial charge in [0, 0.05) is 37.0 Å². The monoisotopic (exact) mass is 409 g/mol. The van der Waals surface area contributed by atoms with Gasteiger partial charge in [0.2, 0.25) is 10.0 Å². The SMILES string of the molecule is Cc1ccc(NC(=O)c2cc(S(=O)(=O)N3CCC[C@H](C)C3)cn2C)cc1Cl. The van der Waals surface area contributed by atoms with Crippen molar-refractivity contribution in [3.8, 4) is 0 Å². The lowest BCUT2D eigenvalue weighted by Crippen LogP contribution is -2.38. The molecule has 0 saturated carbocycles. The number of carbonyl (C=O) groups excluding carboxylic acids is 1. The fourth-order valence-electron chi connectivity index (χ4n) is 3.28. The van der Waals surface area contributed by atoms with Crippen LogP contribution in [0.25, 0.3) is 0 Å². The summed E-state index contributed by atoms with van der Waals surface area (Å²) in [6, 6.07) is 6.68. The van der Waals surface area contributed by atoms with E-state index < -0.39 is 10.0 Å². The van der Waals surface area contributed by atoms with Crippen molar-refractivity contribution >= 4 is 33.2 Å². The minimum atomic E-state index is -3.60. The van der Waals surface area contributed by atoms with Crippen molar-refractivity contribution in [1.82, 2.24) is 8.87 Å². The van der Waals surface area contributed by atoms with Crippen molar-refractivity contribution in [3.63, 3.8) is 0 Å². The average Bonchev–Trinajstić information content (AvgIpc) is 3.01. The van der Waals surface area contributed by atoms with E-state index >= 15 is 0 Å². The number of rotatable bonds is 4. The van der Waals surface area contributed by atoms with Gasteiger partial charge in [-0.2, -0.15) is 4.31 Å². The molecule has 1 amide bonds. The van der Waals surface area contributed by atoms with Crippen LogP contribution in [0.4, 0.5) is 5.69 Å². The summed E-state index contributed by atoms with van der Waals surface area (Å²) in [5.41, 5.74) is 1.75. The maximum atomic E-state index is 12.9. The maximum absolute atomic E-state index is 12.9. The van der Waals surface area contributed by atoms with Gasteiger partial charge in [-0.3, -0.25) is 4.79 Å². The van der Waals surface area contributed by atoms with Crippen LogP contribution in [0.1, 0.15) is 35.8 Å². The average molecular weight is 410 g/mol. The number of aromatic nitrogens is 1. The molecule has 0 aliphatic carbocycles. The van der Waals surface area contributed by atoms with Crippen LogP contribution in [0.15, 0.2) is 35.4 Å². The molecule has 1 saturated heterocycles. The topological polar surface area (TPSA) is 71.4 Å². The number of carbonyl (C=O) groups is 1. The Morgan fingerprint density at radius 1 is 1.30 bits per heavy atom. The first kappa shape index (κ1) is 19.9. The van der Waals surface area contributed by atoms with Crippen molar-refractivity contribution in [2.24, 2.45) is 13.0 Å². The van der Waals surface area contributed by atoms with Gasteiger partial charge in [-0.05, 0) is 49.4 Å².